The van der Waals surface area contributed by atoms with Crippen molar-refractivity contribution in [3.8, 4) is 0 Å². The zero-order chi connectivity index (χ0) is 13.5. The molecule has 0 spiro atoms. The van der Waals surface area contributed by atoms with E-state index in [-0.39, 0.29) is 12.5 Å². The number of amides is 1. The van der Waals surface area contributed by atoms with Crippen LogP contribution in [0.4, 0.5) is 8.78 Å². The smallest absolute Gasteiger partial charge is 0.222 e. The summed E-state index contributed by atoms with van der Waals surface area (Å²) in [7, 11) is 1.64. The van der Waals surface area contributed by atoms with Crippen molar-refractivity contribution in [1.82, 2.24) is 4.90 Å². The molecular weight excluding hydrogens is 238 g/mol. The highest BCUT2D eigenvalue weighted by Crippen LogP contribution is 2.11. The van der Waals surface area contributed by atoms with E-state index in [1.807, 2.05) is 0 Å². The maximum Gasteiger partial charge on any atom is 0.222 e. The van der Waals surface area contributed by atoms with Gasteiger partial charge in [0, 0.05) is 20.0 Å². The van der Waals surface area contributed by atoms with E-state index < -0.39 is 11.6 Å². The zero-order valence-electron chi connectivity index (χ0n) is 10.5. The largest absolute Gasteiger partial charge is 0.341 e. The second-order valence-corrected chi connectivity index (χ2v) is 4.24. The van der Waals surface area contributed by atoms with Crippen LogP contribution in [0.2, 0.25) is 0 Å². The van der Waals surface area contributed by atoms with Crippen molar-refractivity contribution < 1.29 is 13.6 Å². The Balaban J connectivity index is 2.50. The number of hydrogen-bond donors (Lipinski definition) is 1. The number of carbonyl (C=O) groups is 1. The van der Waals surface area contributed by atoms with E-state index in [1.165, 1.54) is 11.0 Å². The Bertz CT molecular complexity index is 410. The van der Waals surface area contributed by atoms with Crippen LogP contribution in [-0.2, 0) is 11.3 Å². The van der Waals surface area contributed by atoms with Gasteiger partial charge in [0.15, 0.2) is 11.6 Å². The molecule has 0 aliphatic heterocycles. The summed E-state index contributed by atoms with van der Waals surface area (Å²) in [6.07, 6.45) is 1.99. The van der Waals surface area contributed by atoms with Crippen LogP contribution < -0.4 is 5.73 Å². The molecule has 0 saturated heterocycles. The van der Waals surface area contributed by atoms with Crippen molar-refractivity contribution in [3.63, 3.8) is 0 Å². The Labute approximate surface area is 106 Å². The third-order valence-electron chi connectivity index (χ3n) is 2.67. The van der Waals surface area contributed by atoms with Gasteiger partial charge in [-0.05, 0) is 37.1 Å². The Morgan fingerprint density at radius 3 is 2.61 bits per heavy atom. The number of unbranched alkanes of at least 4 members (excludes halogenated alkanes) is 1. The normalized spacial score (nSPS) is 10.4. The average Bonchev–Trinajstić information content (AvgIpc) is 2.34. The number of halogens is 2. The van der Waals surface area contributed by atoms with E-state index >= 15 is 0 Å². The Hall–Kier alpha value is -1.49. The monoisotopic (exact) mass is 256 g/mol. The summed E-state index contributed by atoms with van der Waals surface area (Å²) >= 11 is 0. The van der Waals surface area contributed by atoms with Crippen LogP contribution in [0.1, 0.15) is 24.8 Å². The van der Waals surface area contributed by atoms with Gasteiger partial charge in [-0.3, -0.25) is 4.79 Å². The molecule has 3 nitrogen and oxygen atoms in total. The third kappa shape index (κ3) is 4.41. The number of nitrogens with zero attached hydrogens (tertiary/aromatic N) is 1. The van der Waals surface area contributed by atoms with E-state index in [2.05, 4.69) is 0 Å². The molecule has 1 rings (SSSR count). The van der Waals surface area contributed by atoms with Crippen LogP contribution in [0, 0.1) is 11.6 Å². The zero-order valence-corrected chi connectivity index (χ0v) is 10.5. The second kappa shape index (κ2) is 7.06. The molecule has 0 aliphatic carbocycles. The molecule has 1 aromatic rings. The highest BCUT2D eigenvalue weighted by Gasteiger charge is 2.10. The van der Waals surface area contributed by atoms with Gasteiger partial charge in [-0.25, -0.2) is 8.78 Å². The standard InChI is InChI=1S/C13H18F2N2O/c1-17(13(18)4-2-3-7-16)9-10-5-6-11(14)12(15)8-10/h5-6,8H,2-4,7,9,16H2,1H3. The van der Waals surface area contributed by atoms with Crippen molar-refractivity contribution in [2.24, 2.45) is 5.73 Å². The van der Waals surface area contributed by atoms with Crippen LogP contribution in [0.15, 0.2) is 18.2 Å². The summed E-state index contributed by atoms with van der Waals surface area (Å²) in [6, 6.07) is 3.65. The van der Waals surface area contributed by atoms with Gasteiger partial charge in [-0.1, -0.05) is 6.07 Å². The molecule has 5 heteroatoms. The molecule has 1 aromatic carbocycles. The molecule has 2 N–H and O–H groups in total. The molecule has 18 heavy (non-hydrogen) atoms. The van der Waals surface area contributed by atoms with Crippen LogP contribution in [0.25, 0.3) is 0 Å². The molecule has 0 aliphatic rings. The molecular formula is C13H18F2N2O. The lowest BCUT2D eigenvalue weighted by Crippen LogP contribution is -2.26. The number of hydrogen-bond acceptors (Lipinski definition) is 2. The van der Waals surface area contributed by atoms with Gasteiger partial charge in [0.1, 0.15) is 0 Å². The van der Waals surface area contributed by atoms with Gasteiger partial charge >= 0.3 is 0 Å². The Morgan fingerprint density at radius 2 is 2.00 bits per heavy atom. The fourth-order valence-corrected chi connectivity index (χ4v) is 1.61. The molecule has 0 aromatic heterocycles. The highest BCUT2D eigenvalue weighted by molar-refractivity contribution is 5.75. The second-order valence-electron chi connectivity index (χ2n) is 4.24. The minimum Gasteiger partial charge on any atom is -0.341 e. The Morgan fingerprint density at radius 1 is 1.28 bits per heavy atom. The molecule has 0 unspecified atom stereocenters. The predicted molar refractivity (Wildman–Crippen MR) is 65.7 cm³/mol. The molecule has 0 atom stereocenters. The summed E-state index contributed by atoms with van der Waals surface area (Å²) in [4.78, 5) is 13.2. The minimum absolute atomic E-state index is 0.0202. The van der Waals surface area contributed by atoms with Crippen LogP contribution >= 0.6 is 0 Å². The van der Waals surface area contributed by atoms with Crippen LogP contribution in [-0.4, -0.2) is 24.4 Å². The summed E-state index contributed by atoms with van der Waals surface area (Å²) < 4.78 is 25.7. The Kier molecular flexibility index (Phi) is 5.71. The minimum atomic E-state index is -0.892. The average molecular weight is 256 g/mol. The molecule has 0 fully saturated rings. The first-order valence-electron chi connectivity index (χ1n) is 5.92. The summed E-state index contributed by atoms with van der Waals surface area (Å²) in [5, 5.41) is 0. The maximum atomic E-state index is 13.0. The molecule has 0 saturated carbocycles. The maximum absolute atomic E-state index is 13.0. The summed E-state index contributed by atoms with van der Waals surface area (Å²) in [5.74, 6) is -1.79. The van der Waals surface area contributed by atoms with Gasteiger partial charge in [0.25, 0.3) is 0 Å². The van der Waals surface area contributed by atoms with Crippen molar-refractivity contribution in [1.29, 1.82) is 0 Å². The lowest BCUT2D eigenvalue weighted by Gasteiger charge is -2.17. The van der Waals surface area contributed by atoms with E-state index in [4.69, 9.17) is 5.73 Å². The number of nitrogens with two attached hydrogens (primary N) is 1. The van der Waals surface area contributed by atoms with Crippen LogP contribution in [0.3, 0.4) is 0 Å². The fraction of sp³-hybridized carbons (Fsp3) is 0.462. The van der Waals surface area contributed by atoms with E-state index in [0.29, 0.717) is 18.5 Å². The molecule has 0 radical (unpaired) electrons. The van der Waals surface area contributed by atoms with Crippen molar-refractivity contribution in [2.75, 3.05) is 13.6 Å². The van der Waals surface area contributed by atoms with Crippen molar-refractivity contribution in [2.45, 2.75) is 25.8 Å². The molecule has 100 valence electrons. The van der Waals surface area contributed by atoms with Crippen molar-refractivity contribution in [3.05, 3.63) is 35.4 Å². The third-order valence-corrected chi connectivity index (χ3v) is 2.67. The lowest BCUT2D eigenvalue weighted by molar-refractivity contribution is -0.130. The topological polar surface area (TPSA) is 46.3 Å². The van der Waals surface area contributed by atoms with Gasteiger partial charge in [0.2, 0.25) is 5.91 Å². The van der Waals surface area contributed by atoms with Gasteiger partial charge < -0.3 is 10.6 Å². The van der Waals surface area contributed by atoms with Crippen LogP contribution in [0.5, 0.6) is 0 Å². The van der Waals surface area contributed by atoms with E-state index in [9.17, 15) is 13.6 Å². The fourth-order valence-electron chi connectivity index (χ4n) is 1.61. The highest BCUT2D eigenvalue weighted by atomic mass is 19.2. The van der Waals surface area contributed by atoms with Gasteiger partial charge in [-0.2, -0.15) is 0 Å². The first kappa shape index (κ1) is 14.6. The first-order chi connectivity index (χ1) is 8.54. The van der Waals surface area contributed by atoms with E-state index in [1.54, 1.807) is 7.05 Å². The molecule has 1 amide bonds. The van der Waals surface area contributed by atoms with E-state index in [0.717, 1.165) is 25.0 Å². The summed E-state index contributed by atoms with van der Waals surface area (Å²) in [5.41, 5.74) is 5.92. The number of carbonyl (C=O) groups excluding carboxylic acids is 1. The SMILES string of the molecule is CN(Cc1ccc(F)c(F)c1)C(=O)CCCCN. The first-order valence-corrected chi connectivity index (χ1v) is 5.92. The number of benzene rings is 1. The number of rotatable bonds is 6. The van der Waals surface area contributed by atoms with Crippen molar-refractivity contribution >= 4 is 5.91 Å². The predicted octanol–water partition coefficient (Wildman–Crippen LogP) is 2.05. The quantitative estimate of drug-likeness (QED) is 0.792. The van der Waals surface area contributed by atoms with Gasteiger partial charge in [0.05, 0.1) is 0 Å². The molecule has 0 bridgehead atoms. The molecule has 0 heterocycles. The van der Waals surface area contributed by atoms with Gasteiger partial charge in [-0.15, -0.1) is 0 Å². The lowest BCUT2D eigenvalue weighted by atomic mass is 10.2. The summed E-state index contributed by atoms with van der Waals surface area (Å²) in [6.45, 7) is 0.846.